The van der Waals surface area contributed by atoms with Crippen LogP contribution < -0.4 is 5.32 Å². The van der Waals surface area contributed by atoms with Gasteiger partial charge >= 0.3 is 0 Å². The number of H-pyrrole nitrogens is 1. The minimum atomic E-state index is 0.458. The second-order valence-corrected chi connectivity index (χ2v) is 5.49. The summed E-state index contributed by atoms with van der Waals surface area (Å²) in [6.45, 7) is 1.67. The molecule has 0 saturated carbocycles. The van der Waals surface area contributed by atoms with Crippen molar-refractivity contribution in [2.24, 2.45) is 0 Å². The Morgan fingerprint density at radius 1 is 1.32 bits per heavy atom. The maximum absolute atomic E-state index is 6.15. The van der Waals surface area contributed by atoms with Gasteiger partial charge < -0.3 is 10.3 Å². The standard InChI is InChI=1S/C12H10Cl2N4S/c13-6-3-8(14)10(16-4-6)11-17-9-1-2-15-5-7(9)12(19)18-11/h3-4,15H,1-2,5H2,(H,17,18,19). The first kappa shape index (κ1) is 13.0. The minimum Gasteiger partial charge on any atom is -0.341 e. The highest BCUT2D eigenvalue weighted by atomic mass is 35.5. The van der Waals surface area contributed by atoms with E-state index in [9.17, 15) is 0 Å². The molecule has 0 radical (unpaired) electrons. The molecule has 3 rings (SSSR count). The van der Waals surface area contributed by atoms with Crippen molar-refractivity contribution >= 4 is 35.4 Å². The Morgan fingerprint density at radius 2 is 2.16 bits per heavy atom. The molecule has 19 heavy (non-hydrogen) atoms. The first-order valence-electron chi connectivity index (χ1n) is 5.79. The number of hydrogen-bond donors (Lipinski definition) is 2. The van der Waals surface area contributed by atoms with Gasteiger partial charge in [0.2, 0.25) is 0 Å². The zero-order chi connectivity index (χ0) is 13.4. The second kappa shape index (κ2) is 5.17. The van der Waals surface area contributed by atoms with Crippen molar-refractivity contribution in [3.63, 3.8) is 0 Å². The van der Waals surface area contributed by atoms with Crippen LogP contribution in [-0.2, 0) is 13.0 Å². The molecule has 0 atom stereocenters. The number of nitrogens with one attached hydrogen (secondary N) is 2. The monoisotopic (exact) mass is 312 g/mol. The summed E-state index contributed by atoms with van der Waals surface area (Å²) in [5.74, 6) is 0.590. The van der Waals surface area contributed by atoms with Crippen molar-refractivity contribution in [2.45, 2.75) is 13.0 Å². The van der Waals surface area contributed by atoms with Crippen LogP contribution in [0, 0.1) is 4.64 Å². The van der Waals surface area contributed by atoms with E-state index < -0.39 is 0 Å². The Morgan fingerprint density at radius 3 is 2.95 bits per heavy atom. The van der Waals surface area contributed by atoms with Crippen molar-refractivity contribution in [2.75, 3.05) is 6.54 Å². The molecule has 0 unspecified atom stereocenters. The summed E-state index contributed by atoms with van der Waals surface area (Å²) >= 11 is 17.3. The molecule has 1 aliphatic rings. The number of fused-ring (bicyclic) bond motifs is 1. The molecule has 2 aromatic heterocycles. The van der Waals surface area contributed by atoms with Gasteiger partial charge in [-0.3, -0.25) is 0 Å². The van der Waals surface area contributed by atoms with Crippen molar-refractivity contribution in [1.82, 2.24) is 20.3 Å². The molecule has 4 nitrogen and oxygen atoms in total. The third kappa shape index (κ3) is 2.51. The van der Waals surface area contributed by atoms with Crippen LogP contribution in [0.25, 0.3) is 11.5 Å². The second-order valence-electron chi connectivity index (χ2n) is 4.26. The Labute approximate surface area is 125 Å². The lowest BCUT2D eigenvalue weighted by molar-refractivity contribution is 0.624. The van der Waals surface area contributed by atoms with E-state index in [-0.39, 0.29) is 0 Å². The van der Waals surface area contributed by atoms with E-state index in [0.29, 0.717) is 26.2 Å². The molecule has 3 heterocycles. The SMILES string of the molecule is S=c1nc(-c2ncc(Cl)cc2Cl)[nH]c2c1CNCC2. The Bertz CT molecular complexity index is 699. The van der Waals surface area contributed by atoms with E-state index in [1.807, 2.05) is 0 Å². The van der Waals surface area contributed by atoms with Crippen LogP contribution in [-0.4, -0.2) is 21.5 Å². The summed E-state index contributed by atoms with van der Waals surface area (Å²) in [4.78, 5) is 11.9. The molecule has 0 aliphatic carbocycles. The third-order valence-electron chi connectivity index (χ3n) is 2.99. The molecular formula is C12H10Cl2N4S. The van der Waals surface area contributed by atoms with E-state index in [2.05, 4.69) is 20.3 Å². The Kier molecular flexibility index (Phi) is 3.54. The molecule has 2 aromatic rings. The number of halogens is 2. The molecule has 0 bridgehead atoms. The molecule has 7 heteroatoms. The van der Waals surface area contributed by atoms with Gasteiger partial charge in [0.25, 0.3) is 0 Å². The average molecular weight is 313 g/mol. The van der Waals surface area contributed by atoms with Crippen molar-refractivity contribution in [1.29, 1.82) is 0 Å². The summed E-state index contributed by atoms with van der Waals surface area (Å²) in [5.41, 5.74) is 2.72. The molecule has 0 fully saturated rings. The first-order chi connectivity index (χ1) is 9.15. The number of nitrogens with zero attached hydrogens (tertiary/aromatic N) is 2. The molecular weight excluding hydrogens is 303 g/mol. The highest BCUT2D eigenvalue weighted by Gasteiger charge is 2.15. The largest absolute Gasteiger partial charge is 0.341 e. The van der Waals surface area contributed by atoms with Crippen LogP contribution in [0.1, 0.15) is 11.3 Å². The fourth-order valence-corrected chi connectivity index (χ4v) is 2.82. The minimum absolute atomic E-state index is 0.458. The van der Waals surface area contributed by atoms with Crippen molar-refractivity contribution in [3.8, 4) is 11.5 Å². The van der Waals surface area contributed by atoms with Gasteiger partial charge in [0.15, 0.2) is 5.82 Å². The van der Waals surface area contributed by atoms with Gasteiger partial charge in [-0.15, -0.1) is 0 Å². The zero-order valence-electron chi connectivity index (χ0n) is 9.83. The number of pyridine rings is 1. The maximum atomic E-state index is 6.15. The average Bonchev–Trinajstić information content (AvgIpc) is 2.38. The predicted octanol–water partition coefficient (Wildman–Crippen LogP) is 3.15. The highest BCUT2D eigenvalue weighted by molar-refractivity contribution is 7.71. The lowest BCUT2D eigenvalue weighted by Gasteiger charge is -2.17. The predicted molar refractivity (Wildman–Crippen MR) is 78.1 cm³/mol. The smallest absolute Gasteiger partial charge is 0.159 e. The number of aromatic nitrogens is 3. The topological polar surface area (TPSA) is 53.6 Å². The van der Waals surface area contributed by atoms with Gasteiger partial charge in [-0.25, -0.2) is 9.97 Å². The molecule has 0 saturated heterocycles. The quantitative estimate of drug-likeness (QED) is 0.794. The van der Waals surface area contributed by atoms with Crippen LogP contribution >= 0.6 is 35.4 Å². The van der Waals surface area contributed by atoms with E-state index in [1.54, 1.807) is 12.3 Å². The lowest BCUT2D eigenvalue weighted by Crippen LogP contribution is -2.25. The molecule has 0 amide bonds. The number of aromatic amines is 1. The van der Waals surface area contributed by atoms with Crippen molar-refractivity contribution < 1.29 is 0 Å². The highest BCUT2D eigenvalue weighted by Crippen LogP contribution is 2.26. The fraction of sp³-hybridized carbons (Fsp3) is 0.250. The van der Waals surface area contributed by atoms with Crippen LogP contribution in [0.3, 0.4) is 0 Å². The normalized spacial score (nSPS) is 14.2. The molecule has 2 N–H and O–H groups in total. The van der Waals surface area contributed by atoms with Gasteiger partial charge in [0, 0.05) is 37.0 Å². The maximum Gasteiger partial charge on any atom is 0.159 e. The van der Waals surface area contributed by atoms with Gasteiger partial charge in [0.05, 0.1) is 10.0 Å². The Balaban J connectivity index is 2.15. The van der Waals surface area contributed by atoms with E-state index in [4.69, 9.17) is 35.4 Å². The van der Waals surface area contributed by atoms with Crippen LogP contribution in [0.2, 0.25) is 10.0 Å². The summed E-state index contributed by atoms with van der Waals surface area (Å²) in [5, 5.41) is 4.23. The molecule has 0 aromatic carbocycles. The Hall–Kier alpha value is -1.01. The molecule has 0 spiro atoms. The van der Waals surface area contributed by atoms with Crippen molar-refractivity contribution in [3.05, 3.63) is 38.2 Å². The summed E-state index contributed by atoms with van der Waals surface area (Å²) in [6.07, 6.45) is 2.43. The summed E-state index contributed by atoms with van der Waals surface area (Å²) in [7, 11) is 0. The van der Waals surface area contributed by atoms with Gasteiger partial charge in [0.1, 0.15) is 10.3 Å². The zero-order valence-corrected chi connectivity index (χ0v) is 12.2. The number of rotatable bonds is 1. The third-order valence-corrected chi connectivity index (χ3v) is 3.82. The van der Waals surface area contributed by atoms with Crippen LogP contribution in [0.5, 0.6) is 0 Å². The first-order valence-corrected chi connectivity index (χ1v) is 6.96. The van der Waals surface area contributed by atoms with E-state index in [1.165, 1.54) is 0 Å². The molecule has 1 aliphatic heterocycles. The fourth-order valence-electron chi connectivity index (χ4n) is 2.07. The van der Waals surface area contributed by atoms with Gasteiger partial charge in [-0.2, -0.15) is 0 Å². The summed E-state index contributed by atoms with van der Waals surface area (Å²) in [6, 6.07) is 1.64. The van der Waals surface area contributed by atoms with Crippen LogP contribution in [0.15, 0.2) is 12.3 Å². The van der Waals surface area contributed by atoms with E-state index in [0.717, 1.165) is 30.8 Å². The van der Waals surface area contributed by atoms with Gasteiger partial charge in [-0.1, -0.05) is 35.4 Å². The van der Waals surface area contributed by atoms with Crippen LogP contribution in [0.4, 0.5) is 0 Å². The summed E-state index contributed by atoms with van der Waals surface area (Å²) < 4.78 is 0.587. The number of hydrogen-bond acceptors (Lipinski definition) is 4. The van der Waals surface area contributed by atoms with E-state index >= 15 is 0 Å². The van der Waals surface area contributed by atoms with Gasteiger partial charge in [-0.05, 0) is 6.07 Å². The lowest BCUT2D eigenvalue weighted by atomic mass is 10.1. The molecule has 98 valence electrons.